The van der Waals surface area contributed by atoms with Crippen LogP contribution in [0.15, 0.2) is 71.8 Å². The number of hydrogen-bond donors (Lipinski definition) is 0. The van der Waals surface area contributed by atoms with Gasteiger partial charge in [0, 0.05) is 16.5 Å². The molecule has 0 radical (unpaired) electrons. The summed E-state index contributed by atoms with van der Waals surface area (Å²) in [5, 5.41) is 8.45. The summed E-state index contributed by atoms with van der Waals surface area (Å²) in [6.07, 6.45) is 0.649. The van der Waals surface area contributed by atoms with Crippen molar-refractivity contribution in [3.8, 4) is 0 Å². The lowest BCUT2D eigenvalue weighted by atomic mass is 9.98. The van der Waals surface area contributed by atoms with Crippen LogP contribution in [0, 0.1) is 5.82 Å². The lowest BCUT2D eigenvalue weighted by Crippen LogP contribution is -2.19. The number of benzene rings is 3. The molecule has 0 spiro atoms. The first-order chi connectivity index (χ1) is 13.0. The minimum absolute atomic E-state index is 0.118. The topological polar surface area (TPSA) is 15.6 Å². The molecule has 6 heteroatoms. The quantitative estimate of drug-likeness (QED) is 0.440. The Balaban J connectivity index is 1.79. The SMILES string of the molecule is Fc1ccc([C@@H]2CC(c3ccc(Cl)cc3)=NN2c2cc(Cl)ccc2Cl)cc1. The van der Waals surface area contributed by atoms with Gasteiger partial charge in [0.25, 0.3) is 0 Å². The first-order valence-electron chi connectivity index (χ1n) is 8.34. The number of anilines is 1. The Labute approximate surface area is 171 Å². The Bertz CT molecular complexity index is 1000. The van der Waals surface area contributed by atoms with Crippen LogP contribution in [0.4, 0.5) is 10.1 Å². The maximum atomic E-state index is 13.4. The van der Waals surface area contributed by atoms with E-state index in [0.717, 1.165) is 16.8 Å². The highest BCUT2D eigenvalue weighted by atomic mass is 35.5. The first kappa shape index (κ1) is 18.3. The van der Waals surface area contributed by atoms with Gasteiger partial charge >= 0.3 is 0 Å². The van der Waals surface area contributed by atoms with Crippen molar-refractivity contribution in [1.29, 1.82) is 0 Å². The van der Waals surface area contributed by atoms with Crippen molar-refractivity contribution in [2.75, 3.05) is 5.01 Å². The van der Waals surface area contributed by atoms with E-state index in [1.165, 1.54) is 12.1 Å². The molecule has 3 aromatic rings. The van der Waals surface area contributed by atoms with Crippen molar-refractivity contribution in [3.63, 3.8) is 0 Å². The third-order valence-electron chi connectivity index (χ3n) is 4.50. The monoisotopic (exact) mass is 418 g/mol. The molecule has 27 heavy (non-hydrogen) atoms. The summed E-state index contributed by atoms with van der Waals surface area (Å²) in [5.41, 5.74) is 3.53. The second-order valence-corrected chi connectivity index (χ2v) is 7.55. The van der Waals surface area contributed by atoms with Gasteiger partial charge in [0.1, 0.15) is 5.82 Å². The molecule has 0 N–H and O–H groups in total. The summed E-state index contributed by atoms with van der Waals surface area (Å²) < 4.78 is 13.4. The molecule has 0 saturated carbocycles. The van der Waals surface area contributed by atoms with E-state index in [0.29, 0.717) is 27.2 Å². The minimum Gasteiger partial charge on any atom is -0.256 e. The van der Waals surface area contributed by atoms with E-state index < -0.39 is 0 Å². The van der Waals surface area contributed by atoms with Crippen molar-refractivity contribution in [2.45, 2.75) is 12.5 Å². The number of nitrogens with zero attached hydrogens (tertiary/aromatic N) is 2. The van der Waals surface area contributed by atoms with E-state index >= 15 is 0 Å². The van der Waals surface area contributed by atoms with E-state index in [1.54, 1.807) is 30.3 Å². The van der Waals surface area contributed by atoms with E-state index in [4.69, 9.17) is 39.9 Å². The molecule has 1 heterocycles. The molecule has 0 unspecified atom stereocenters. The molecule has 1 aliphatic rings. The molecule has 2 nitrogen and oxygen atoms in total. The van der Waals surface area contributed by atoms with Gasteiger partial charge in [-0.3, -0.25) is 5.01 Å². The predicted molar refractivity (Wildman–Crippen MR) is 111 cm³/mol. The fraction of sp³-hybridized carbons (Fsp3) is 0.0952. The van der Waals surface area contributed by atoms with Gasteiger partial charge in [0.05, 0.1) is 22.5 Å². The average molecular weight is 420 g/mol. The second-order valence-electron chi connectivity index (χ2n) is 6.27. The van der Waals surface area contributed by atoms with Crippen LogP contribution in [0.5, 0.6) is 0 Å². The van der Waals surface area contributed by atoms with Crippen molar-refractivity contribution < 1.29 is 4.39 Å². The summed E-state index contributed by atoms with van der Waals surface area (Å²) in [4.78, 5) is 0. The van der Waals surface area contributed by atoms with Crippen LogP contribution < -0.4 is 5.01 Å². The van der Waals surface area contributed by atoms with Crippen LogP contribution in [0.25, 0.3) is 0 Å². The first-order valence-corrected chi connectivity index (χ1v) is 9.48. The van der Waals surface area contributed by atoms with Gasteiger partial charge in [-0.05, 0) is 53.6 Å². The van der Waals surface area contributed by atoms with Crippen LogP contribution in [0.3, 0.4) is 0 Å². The zero-order valence-corrected chi connectivity index (χ0v) is 16.3. The zero-order chi connectivity index (χ0) is 19.0. The fourth-order valence-corrected chi connectivity index (χ4v) is 3.65. The summed E-state index contributed by atoms with van der Waals surface area (Å²) in [6.45, 7) is 0. The summed E-state index contributed by atoms with van der Waals surface area (Å²) >= 11 is 18.6. The fourth-order valence-electron chi connectivity index (χ4n) is 3.16. The largest absolute Gasteiger partial charge is 0.256 e. The third-order valence-corrected chi connectivity index (χ3v) is 5.30. The predicted octanol–water partition coefficient (Wildman–Crippen LogP) is 7.14. The molecule has 0 saturated heterocycles. The van der Waals surface area contributed by atoms with Crippen LogP contribution in [0.2, 0.25) is 15.1 Å². The molecular weight excluding hydrogens is 406 g/mol. The molecule has 0 bridgehead atoms. The molecule has 0 aromatic heterocycles. The highest BCUT2D eigenvalue weighted by Crippen LogP contribution is 2.40. The third kappa shape index (κ3) is 3.81. The molecule has 4 rings (SSSR count). The highest BCUT2D eigenvalue weighted by molar-refractivity contribution is 6.35. The Kier molecular flexibility index (Phi) is 5.09. The smallest absolute Gasteiger partial charge is 0.123 e. The molecule has 1 atom stereocenters. The van der Waals surface area contributed by atoms with Gasteiger partial charge in [-0.2, -0.15) is 5.10 Å². The Morgan fingerprint density at radius 1 is 0.852 bits per heavy atom. The van der Waals surface area contributed by atoms with Crippen LogP contribution in [-0.2, 0) is 0 Å². The molecular formula is C21H14Cl3FN2. The lowest BCUT2D eigenvalue weighted by molar-refractivity contribution is 0.624. The number of hydrogen-bond acceptors (Lipinski definition) is 2. The van der Waals surface area contributed by atoms with Crippen molar-refractivity contribution in [1.82, 2.24) is 0 Å². The van der Waals surface area contributed by atoms with Crippen molar-refractivity contribution in [2.24, 2.45) is 5.10 Å². The zero-order valence-electron chi connectivity index (χ0n) is 14.0. The minimum atomic E-state index is -0.275. The summed E-state index contributed by atoms with van der Waals surface area (Å²) in [5.74, 6) is -0.275. The Morgan fingerprint density at radius 2 is 1.52 bits per heavy atom. The standard InChI is InChI=1S/C21H14Cl3FN2/c22-15-5-1-13(2-6-15)19-12-20(14-3-8-17(25)9-4-14)27(26-19)21-11-16(23)7-10-18(21)24/h1-11,20H,12H2/t20-/m0/s1. The molecule has 1 aliphatic heterocycles. The number of hydrazone groups is 1. The van der Waals surface area contributed by atoms with Crippen molar-refractivity contribution >= 4 is 46.2 Å². The number of rotatable bonds is 3. The van der Waals surface area contributed by atoms with Crippen LogP contribution in [0.1, 0.15) is 23.6 Å². The number of halogens is 4. The molecule has 0 aliphatic carbocycles. The summed E-state index contributed by atoms with van der Waals surface area (Å²) in [6, 6.07) is 19.1. The van der Waals surface area contributed by atoms with Crippen molar-refractivity contribution in [3.05, 3.63) is 98.7 Å². The Morgan fingerprint density at radius 3 is 2.22 bits per heavy atom. The van der Waals surface area contributed by atoms with Gasteiger partial charge < -0.3 is 0 Å². The summed E-state index contributed by atoms with van der Waals surface area (Å²) in [7, 11) is 0. The van der Waals surface area contributed by atoms with Gasteiger partial charge in [0.15, 0.2) is 0 Å². The van der Waals surface area contributed by atoms with E-state index in [2.05, 4.69) is 0 Å². The van der Waals surface area contributed by atoms with E-state index in [9.17, 15) is 4.39 Å². The van der Waals surface area contributed by atoms with Crippen LogP contribution >= 0.6 is 34.8 Å². The van der Waals surface area contributed by atoms with E-state index in [1.807, 2.05) is 29.3 Å². The molecule has 3 aromatic carbocycles. The second kappa shape index (κ2) is 7.51. The maximum Gasteiger partial charge on any atom is 0.123 e. The molecule has 136 valence electrons. The molecule has 0 amide bonds. The van der Waals surface area contributed by atoms with Gasteiger partial charge in [0.2, 0.25) is 0 Å². The molecule has 0 fully saturated rings. The van der Waals surface area contributed by atoms with Gasteiger partial charge in [-0.1, -0.05) is 59.1 Å². The van der Waals surface area contributed by atoms with Crippen LogP contribution in [-0.4, -0.2) is 5.71 Å². The van der Waals surface area contributed by atoms with E-state index in [-0.39, 0.29) is 11.9 Å². The average Bonchev–Trinajstić information content (AvgIpc) is 3.10. The normalized spacial score (nSPS) is 16.5. The lowest BCUT2D eigenvalue weighted by Gasteiger charge is -2.25. The van der Waals surface area contributed by atoms with Gasteiger partial charge in [-0.15, -0.1) is 0 Å². The highest BCUT2D eigenvalue weighted by Gasteiger charge is 2.31. The maximum absolute atomic E-state index is 13.4. The Hall–Kier alpha value is -2.07. The van der Waals surface area contributed by atoms with Gasteiger partial charge in [-0.25, -0.2) is 4.39 Å².